The maximum Gasteiger partial charge on any atom is 0.420 e. The highest BCUT2D eigenvalue weighted by molar-refractivity contribution is 5.79. The van der Waals surface area contributed by atoms with E-state index in [4.69, 9.17) is 8.83 Å². The van der Waals surface area contributed by atoms with E-state index >= 15 is 0 Å². The summed E-state index contributed by atoms with van der Waals surface area (Å²) in [6, 6.07) is 12.1. The molecule has 0 saturated carbocycles. The van der Waals surface area contributed by atoms with Crippen LogP contribution < -0.4 is 11.1 Å². The molecule has 1 aromatic carbocycles. The Labute approximate surface area is 147 Å². The first-order valence-electron chi connectivity index (χ1n) is 8.10. The van der Waals surface area contributed by atoms with Crippen LogP contribution in [-0.2, 0) is 11.3 Å². The molecule has 26 heavy (non-hydrogen) atoms. The van der Waals surface area contributed by atoms with Gasteiger partial charge in [0.1, 0.15) is 18.3 Å². The van der Waals surface area contributed by atoms with E-state index in [2.05, 4.69) is 10.4 Å². The van der Waals surface area contributed by atoms with E-state index in [-0.39, 0.29) is 25.0 Å². The van der Waals surface area contributed by atoms with Gasteiger partial charge in [-0.2, -0.15) is 5.10 Å². The number of oxazole rings is 1. The predicted molar refractivity (Wildman–Crippen MR) is 92.6 cm³/mol. The van der Waals surface area contributed by atoms with Crippen molar-refractivity contribution >= 4 is 17.0 Å². The molecule has 0 fully saturated rings. The molecule has 4 aromatic rings. The smallest absolute Gasteiger partial charge is 0.420 e. The molecule has 1 N–H and O–H groups in total. The Morgan fingerprint density at radius 2 is 2.08 bits per heavy atom. The molecule has 4 rings (SSSR count). The van der Waals surface area contributed by atoms with Crippen LogP contribution in [0.1, 0.15) is 11.8 Å². The van der Waals surface area contributed by atoms with Gasteiger partial charge in [0, 0.05) is 18.9 Å². The third kappa shape index (κ3) is 3.04. The Bertz CT molecular complexity index is 1030. The molecule has 8 heteroatoms. The minimum Gasteiger partial charge on any atom is -0.467 e. The lowest BCUT2D eigenvalue weighted by Crippen LogP contribution is -2.35. The zero-order valence-electron chi connectivity index (χ0n) is 13.7. The minimum atomic E-state index is -0.559. The van der Waals surface area contributed by atoms with Crippen molar-refractivity contribution in [1.29, 1.82) is 0 Å². The third-order valence-electron chi connectivity index (χ3n) is 4.08. The van der Waals surface area contributed by atoms with Crippen molar-refractivity contribution in [2.75, 3.05) is 6.54 Å². The molecule has 1 unspecified atom stereocenters. The monoisotopic (exact) mass is 352 g/mol. The van der Waals surface area contributed by atoms with Gasteiger partial charge in [-0.05, 0) is 30.3 Å². The second kappa shape index (κ2) is 6.75. The number of amides is 1. The summed E-state index contributed by atoms with van der Waals surface area (Å²) >= 11 is 0. The number of nitrogens with zero attached hydrogens (tertiary/aromatic N) is 3. The topological polar surface area (TPSA) is 95.2 Å². The van der Waals surface area contributed by atoms with Crippen LogP contribution in [0.3, 0.4) is 0 Å². The van der Waals surface area contributed by atoms with Gasteiger partial charge in [-0.15, -0.1) is 0 Å². The lowest BCUT2D eigenvalue weighted by molar-refractivity contribution is -0.121. The summed E-state index contributed by atoms with van der Waals surface area (Å²) in [5.74, 6) is -0.182. The van der Waals surface area contributed by atoms with Crippen molar-refractivity contribution < 1.29 is 13.6 Å². The average Bonchev–Trinajstić information content (AvgIpc) is 3.38. The maximum atomic E-state index is 12.4. The summed E-state index contributed by atoms with van der Waals surface area (Å²) in [6.07, 6.45) is 5.03. The van der Waals surface area contributed by atoms with Crippen molar-refractivity contribution in [3.8, 4) is 0 Å². The number of para-hydroxylation sites is 2. The highest BCUT2D eigenvalue weighted by atomic mass is 16.4. The second-order valence-corrected chi connectivity index (χ2v) is 5.74. The van der Waals surface area contributed by atoms with Crippen molar-refractivity contribution in [2.24, 2.45) is 0 Å². The summed E-state index contributed by atoms with van der Waals surface area (Å²) in [5, 5.41) is 7.04. The standard InChI is InChI=1S/C18H16N4O4/c23-17(12-21-13-5-1-2-6-16(13)26-18(21)24)19-11-14(15-7-3-10-25-15)22-9-4-8-20-22/h1-10,14H,11-12H2,(H,19,23). The van der Waals surface area contributed by atoms with Crippen LogP contribution in [-0.4, -0.2) is 26.8 Å². The van der Waals surface area contributed by atoms with Crippen molar-refractivity contribution in [2.45, 2.75) is 12.6 Å². The van der Waals surface area contributed by atoms with Crippen LogP contribution in [0.15, 0.2) is 74.8 Å². The SMILES string of the molecule is O=C(Cn1c(=O)oc2ccccc21)NCC(c1ccco1)n1cccn1. The average molecular weight is 352 g/mol. The fourth-order valence-corrected chi connectivity index (χ4v) is 2.84. The predicted octanol–water partition coefficient (Wildman–Crippen LogP) is 1.79. The number of rotatable bonds is 6. The van der Waals surface area contributed by atoms with E-state index in [9.17, 15) is 9.59 Å². The van der Waals surface area contributed by atoms with Crippen LogP contribution in [0.2, 0.25) is 0 Å². The number of hydrogen-bond acceptors (Lipinski definition) is 5. The van der Waals surface area contributed by atoms with Gasteiger partial charge in [0.05, 0.1) is 11.8 Å². The minimum absolute atomic E-state index is 0.125. The molecular formula is C18H16N4O4. The molecule has 0 aliphatic carbocycles. The number of fused-ring (bicyclic) bond motifs is 1. The molecule has 0 spiro atoms. The van der Waals surface area contributed by atoms with E-state index < -0.39 is 5.76 Å². The number of carbonyl (C=O) groups is 1. The van der Waals surface area contributed by atoms with E-state index in [0.717, 1.165) is 0 Å². The zero-order valence-corrected chi connectivity index (χ0v) is 13.7. The number of benzene rings is 1. The molecule has 1 atom stereocenters. The first-order valence-corrected chi connectivity index (χ1v) is 8.10. The Kier molecular flexibility index (Phi) is 4.14. The summed E-state index contributed by atoms with van der Waals surface area (Å²) in [6.45, 7) is 0.151. The Morgan fingerprint density at radius 1 is 1.19 bits per heavy atom. The molecule has 0 radical (unpaired) electrons. The van der Waals surface area contributed by atoms with Crippen LogP contribution in [0.4, 0.5) is 0 Å². The Hall–Kier alpha value is -3.55. The number of hydrogen-bond donors (Lipinski definition) is 1. The lowest BCUT2D eigenvalue weighted by atomic mass is 10.2. The Morgan fingerprint density at radius 3 is 2.85 bits per heavy atom. The molecule has 0 saturated heterocycles. The second-order valence-electron chi connectivity index (χ2n) is 5.74. The van der Waals surface area contributed by atoms with Gasteiger partial charge in [0.15, 0.2) is 5.58 Å². The molecule has 0 aliphatic heterocycles. The molecule has 0 bridgehead atoms. The van der Waals surface area contributed by atoms with E-state index in [1.807, 2.05) is 6.07 Å². The highest BCUT2D eigenvalue weighted by Crippen LogP contribution is 2.17. The van der Waals surface area contributed by atoms with Gasteiger partial charge in [-0.3, -0.25) is 14.0 Å². The number of aromatic nitrogens is 3. The largest absolute Gasteiger partial charge is 0.467 e. The van der Waals surface area contributed by atoms with Gasteiger partial charge in [0.2, 0.25) is 5.91 Å². The van der Waals surface area contributed by atoms with Crippen molar-refractivity contribution in [3.05, 3.63) is 77.4 Å². The van der Waals surface area contributed by atoms with E-state index in [1.54, 1.807) is 59.7 Å². The molecule has 3 aromatic heterocycles. The van der Waals surface area contributed by atoms with Crippen LogP contribution in [0.25, 0.3) is 11.1 Å². The van der Waals surface area contributed by atoms with E-state index in [1.165, 1.54) is 4.57 Å². The Balaban J connectivity index is 1.49. The van der Waals surface area contributed by atoms with Gasteiger partial charge in [0.25, 0.3) is 0 Å². The van der Waals surface area contributed by atoms with Gasteiger partial charge >= 0.3 is 5.76 Å². The van der Waals surface area contributed by atoms with E-state index in [0.29, 0.717) is 16.9 Å². The first kappa shape index (κ1) is 15.9. The highest BCUT2D eigenvalue weighted by Gasteiger charge is 2.19. The zero-order chi connectivity index (χ0) is 17.9. The molecule has 8 nitrogen and oxygen atoms in total. The fraction of sp³-hybridized carbons (Fsp3) is 0.167. The summed E-state index contributed by atoms with van der Waals surface area (Å²) in [4.78, 5) is 24.4. The summed E-state index contributed by atoms with van der Waals surface area (Å²) in [7, 11) is 0. The molecule has 1 amide bonds. The number of carbonyl (C=O) groups excluding carboxylic acids is 1. The molecule has 3 heterocycles. The quantitative estimate of drug-likeness (QED) is 0.571. The molecular weight excluding hydrogens is 336 g/mol. The first-order chi connectivity index (χ1) is 12.7. The fourth-order valence-electron chi connectivity index (χ4n) is 2.84. The summed E-state index contributed by atoms with van der Waals surface area (Å²) in [5.41, 5.74) is 1.04. The maximum absolute atomic E-state index is 12.4. The van der Waals surface area contributed by atoms with Crippen LogP contribution in [0, 0.1) is 0 Å². The molecule has 132 valence electrons. The van der Waals surface area contributed by atoms with Crippen LogP contribution in [0.5, 0.6) is 0 Å². The molecule has 0 aliphatic rings. The lowest BCUT2D eigenvalue weighted by Gasteiger charge is -2.16. The van der Waals surface area contributed by atoms with Crippen molar-refractivity contribution in [1.82, 2.24) is 19.7 Å². The normalized spacial score (nSPS) is 12.3. The third-order valence-corrected chi connectivity index (χ3v) is 4.08. The van der Waals surface area contributed by atoms with Crippen LogP contribution >= 0.6 is 0 Å². The van der Waals surface area contributed by atoms with Crippen molar-refractivity contribution in [3.63, 3.8) is 0 Å². The summed E-state index contributed by atoms with van der Waals surface area (Å²) < 4.78 is 13.6. The number of nitrogens with one attached hydrogen (secondary N) is 1. The van der Waals surface area contributed by atoms with Gasteiger partial charge in [-0.25, -0.2) is 4.79 Å². The van der Waals surface area contributed by atoms with Gasteiger partial charge < -0.3 is 14.2 Å². The van der Waals surface area contributed by atoms with Gasteiger partial charge in [-0.1, -0.05) is 12.1 Å². The number of furan rings is 1.